The highest BCUT2D eigenvalue weighted by Gasteiger charge is 2.17. The van der Waals surface area contributed by atoms with E-state index in [2.05, 4.69) is 47.7 Å². The standard InChI is InChI=1S/C12H22N4S/c1-4-16-12(11(3)13-14-16)9-15-6-5-10(2)17-8-7-15/h10H,4-9H2,1-3H3. The minimum Gasteiger partial charge on any atom is -0.297 e. The molecule has 1 atom stereocenters. The van der Waals surface area contributed by atoms with E-state index in [0.29, 0.717) is 0 Å². The highest BCUT2D eigenvalue weighted by Crippen LogP contribution is 2.20. The highest BCUT2D eigenvalue weighted by atomic mass is 32.2. The maximum Gasteiger partial charge on any atom is 0.0841 e. The van der Waals surface area contributed by atoms with Gasteiger partial charge in [0.1, 0.15) is 0 Å². The largest absolute Gasteiger partial charge is 0.297 e. The van der Waals surface area contributed by atoms with Gasteiger partial charge in [0.2, 0.25) is 0 Å². The number of aromatic nitrogens is 3. The first-order valence-electron chi connectivity index (χ1n) is 6.43. The molecule has 0 radical (unpaired) electrons. The lowest BCUT2D eigenvalue weighted by Gasteiger charge is -2.20. The van der Waals surface area contributed by atoms with E-state index in [1.807, 2.05) is 4.68 Å². The van der Waals surface area contributed by atoms with Crippen LogP contribution in [0.2, 0.25) is 0 Å². The van der Waals surface area contributed by atoms with Gasteiger partial charge in [-0.05, 0) is 26.8 Å². The molecular formula is C12H22N4S. The van der Waals surface area contributed by atoms with Crippen LogP contribution in [0.1, 0.15) is 31.7 Å². The zero-order chi connectivity index (χ0) is 12.3. The van der Waals surface area contributed by atoms with E-state index in [9.17, 15) is 0 Å². The first-order chi connectivity index (χ1) is 8.20. The summed E-state index contributed by atoms with van der Waals surface area (Å²) in [5.74, 6) is 1.24. The molecule has 0 saturated carbocycles. The molecule has 1 unspecified atom stereocenters. The van der Waals surface area contributed by atoms with Crippen LogP contribution in [0.3, 0.4) is 0 Å². The second-order valence-electron chi connectivity index (χ2n) is 4.68. The monoisotopic (exact) mass is 254 g/mol. The average molecular weight is 254 g/mol. The number of thioether (sulfide) groups is 1. The van der Waals surface area contributed by atoms with Crippen molar-refractivity contribution in [2.24, 2.45) is 0 Å². The fourth-order valence-electron chi connectivity index (χ4n) is 2.18. The lowest BCUT2D eigenvalue weighted by molar-refractivity contribution is 0.274. The Balaban J connectivity index is 2.01. The molecule has 96 valence electrons. The maximum atomic E-state index is 4.17. The molecule has 1 saturated heterocycles. The SMILES string of the molecule is CCn1nnc(C)c1CN1CCSC(C)CC1. The van der Waals surface area contributed by atoms with Crippen molar-refractivity contribution in [3.63, 3.8) is 0 Å². The van der Waals surface area contributed by atoms with Gasteiger partial charge in [-0.1, -0.05) is 12.1 Å². The Morgan fingerprint density at radius 1 is 1.41 bits per heavy atom. The summed E-state index contributed by atoms with van der Waals surface area (Å²) in [6, 6.07) is 0. The van der Waals surface area contributed by atoms with E-state index in [0.717, 1.165) is 24.0 Å². The van der Waals surface area contributed by atoms with Gasteiger partial charge in [-0.25, -0.2) is 4.68 Å². The van der Waals surface area contributed by atoms with Crippen molar-refractivity contribution in [2.45, 2.75) is 45.5 Å². The summed E-state index contributed by atoms with van der Waals surface area (Å²) in [6.07, 6.45) is 1.29. The normalized spacial score (nSPS) is 22.6. The summed E-state index contributed by atoms with van der Waals surface area (Å²) in [7, 11) is 0. The molecule has 0 N–H and O–H groups in total. The second kappa shape index (κ2) is 5.87. The average Bonchev–Trinajstić information content (AvgIpc) is 2.53. The molecule has 0 aromatic carbocycles. The molecule has 1 aromatic rings. The van der Waals surface area contributed by atoms with Crippen molar-refractivity contribution < 1.29 is 0 Å². The first-order valence-corrected chi connectivity index (χ1v) is 7.48. The van der Waals surface area contributed by atoms with E-state index in [1.165, 1.54) is 31.0 Å². The molecule has 2 rings (SSSR count). The minimum atomic E-state index is 0.801. The summed E-state index contributed by atoms with van der Waals surface area (Å²) >= 11 is 2.09. The fourth-order valence-corrected chi connectivity index (χ4v) is 3.22. The first kappa shape index (κ1) is 12.9. The Kier molecular flexibility index (Phi) is 4.45. The minimum absolute atomic E-state index is 0.801. The fraction of sp³-hybridized carbons (Fsp3) is 0.833. The lowest BCUT2D eigenvalue weighted by Crippen LogP contribution is -2.27. The molecule has 5 heteroatoms. The summed E-state index contributed by atoms with van der Waals surface area (Å²) in [5.41, 5.74) is 2.36. The number of nitrogens with zero attached hydrogens (tertiary/aromatic N) is 4. The Hall–Kier alpha value is -0.550. The van der Waals surface area contributed by atoms with Crippen molar-refractivity contribution in [3.8, 4) is 0 Å². The third-order valence-corrected chi connectivity index (χ3v) is 4.59. The van der Waals surface area contributed by atoms with Crippen molar-refractivity contribution >= 4 is 11.8 Å². The van der Waals surface area contributed by atoms with Crippen LogP contribution < -0.4 is 0 Å². The molecule has 1 aliphatic rings. The molecule has 0 spiro atoms. The zero-order valence-corrected chi connectivity index (χ0v) is 11.8. The summed E-state index contributed by atoms with van der Waals surface area (Å²) in [4.78, 5) is 2.54. The summed E-state index contributed by atoms with van der Waals surface area (Å²) < 4.78 is 2.02. The van der Waals surface area contributed by atoms with Crippen LogP contribution in [-0.4, -0.2) is 44.0 Å². The number of hydrogen-bond acceptors (Lipinski definition) is 4. The van der Waals surface area contributed by atoms with Crippen molar-refractivity contribution in [1.82, 2.24) is 19.9 Å². The van der Waals surface area contributed by atoms with Crippen LogP contribution in [0.4, 0.5) is 0 Å². The number of rotatable bonds is 3. The maximum absolute atomic E-state index is 4.17. The Morgan fingerprint density at radius 2 is 2.24 bits per heavy atom. The van der Waals surface area contributed by atoms with Crippen LogP contribution in [-0.2, 0) is 13.1 Å². The Morgan fingerprint density at radius 3 is 3.00 bits per heavy atom. The van der Waals surface area contributed by atoms with E-state index in [4.69, 9.17) is 0 Å². The van der Waals surface area contributed by atoms with Gasteiger partial charge in [0, 0.05) is 30.6 Å². The lowest BCUT2D eigenvalue weighted by atomic mass is 10.2. The van der Waals surface area contributed by atoms with Gasteiger partial charge in [0.15, 0.2) is 0 Å². The van der Waals surface area contributed by atoms with Crippen LogP contribution in [0.15, 0.2) is 0 Å². The van der Waals surface area contributed by atoms with Crippen LogP contribution >= 0.6 is 11.8 Å². The molecule has 2 heterocycles. The molecular weight excluding hydrogens is 232 g/mol. The van der Waals surface area contributed by atoms with Crippen molar-refractivity contribution in [1.29, 1.82) is 0 Å². The van der Waals surface area contributed by atoms with Gasteiger partial charge >= 0.3 is 0 Å². The number of hydrogen-bond donors (Lipinski definition) is 0. The van der Waals surface area contributed by atoms with Crippen LogP contribution in [0.5, 0.6) is 0 Å². The smallest absolute Gasteiger partial charge is 0.0841 e. The predicted octanol–water partition coefficient (Wildman–Crippen LogP) is 1.93. The third kappa shape index (κ3) is 3.22. The van der Waals surface area contributed by atoms with Gasteiger partial charge in [-0.2, -0.15) is 11.8 Å². The molecule has 0 aliphatic carbocycles. The number of aryl methyl sites for hydroxylation is 2. The van der Waals surface area contributed by atoms with Gasteiger partial charge < -0.3 is 0 Å². The molecule has 17 heavy (non-hydrogen) atoms. The third-order valence-electron chi connectivity index (χ3n) is 3.37. The van der Waals surface area contributed by atoms with Crippen molar-refractivity contribution in [2.75, 3.05) is 18.8 Å². The Labute approximate surface area is 108 Å². The van der Waals surface area contributed by atoms with E-state index in [-0.39, 0.29) is 0 Å². The van der Waals surface area contributed by atoms with E-state index < -0.39 is 0 Å². The van der Waals surface area contributed by atoms with Gasteiger partial charge in [-0.3, -0.25) is 4.90 Å². The Bertz CT molecular complexity index is 363. The molecule has 1 fully saturated rings. The second-order valence-corrected chi connectivity index (χ2v) is 6.23. The van der Waals surface area contributed by atoms with Gasteiger partial charge in [0.05, 0.1) is 11.4 Å². The molecule has 0 amide bonds. The quantitative estimate of drug-likeness (QED) is 0.825. The van der Waals surface area contributed by atoms with Crippen molar-refractivity contribution in [3.05, 3.63) is 11.4 Å². The molecule has 4 nitrogen and oxygen atoms in total. The topological polar surface area (TPSA) is 34.0 Å². The summed E-state index contributed by atoms with van der Waals surface area (Å²) in [6.45, 7) is 10.8. The van der Waals surface area contributed by atoms with E-state index in [1.54, 1.807) is 0 Å². The predicted molar refractivity (Wildman–Crippen MR) is 72.2 cm³/mol. The summed E-state index contributed by atoms with van der Waals surface area (Å²) in [5, 5.41) is 9.15. The highest BCUT2D eigenvalue weighted by molar-refractivity contribution is 7.99. The van der Waals surface area contributed by atoms with E-state index >= 15 is 0 Å². The molecule has 1 aromatic heterocycles. The molecule has 1 aliphatic heterocycles. The van der Waals surface area contributed by atoms with Gasteiger partial charge in [-0.15, -0.1) is 5.10 Å². The van der Waals surface area contributed by atoms with Crippen LogP contribution in [0.25, 0.3) is 0 Å². The zero-order valence-electron chi connectivity index (χ0n) is 11.0. The molecule has 0 bridgehead atoms. The van der Waals surface area contributed by atoms with Gasteiger partial charge in [0.25, 0.3) is 0 Å². The van der Waals surface area contributed by atoms with Crippen LogP contribution in [0, 0.1) is 6.92 Å².